The minimum absolute atomic E-state index is 0.296. The number of nitrogens with zero attached hydrogens (tertiary/aromatic N) is 2. The van der Waals surface area contributed by atoms with Gasteiger partial charge in [-0.25, -0.2) is 5.53 Å². The summed E-state index contributed by atoms with van der Waals surface area (Å²) in [5.74, 6) is 0. The van der Waals surface area contributed by atoms with Gasteiger partial charge in [0.2, 0.25) is 0 Å². The van der Waals surface area contributed by atoms with Crippen LogP contribution in [-0.2, 0) is 0 Å². The maximum absolute atomic E-state index is 11.7. The predicted molar refractivity (Wildman–Crippen MR) is 42.1 cm³/mol. The van der Waals surface area contributed by atoms with Crippen LogP contribution in [0.2, 0.25) is 0 Å². The maximum Gasteiger partial charge on any atom is 0.0911 e. The second-order valence-corrected chi connectivity index (χ2v) is 2.41. The number of halogens is 1. The first-order valence-electron chi connectivity index (χ1n) is 3.52. The number of alkyl halides is 1. The third kappa shape index (κ3) is 5.51. The molecule has 0 bridgehead atoms. The van der Waals surface area contributed by atoms with E-state index in [1.165, 1.54) is 0 Å². The van der Waals surface area contributed by atoms with Gasteiger partial charge in [0.1, 0.15) is 0 Å². The van der Waals surface area contributed by atoms with E-state index in [4.69, 9.17) is 5.53 Å². The molecule has 0 aliphatic carbocycles. The zero-order valence-corrected chi connectivity index (χ0v) is 6.97. The van der Waals surface area contributed by atoms with E-state index in [0.29, 0.717) is 18.7 Å². The molecule has 0 aromatic heterocycles. The fourth-order valence-corrected chi connectivity index (χ4v) is 0.722. The van der Waals surface area contributed by atoms with Crippen LogP contribution in [0, 0.1) is 5.53 Å². The van der Waals surface area contributed by atoms with Crippen molar-refractivity contribution >= 4 is 0 Å². The highest BCUT2D eigenvalue weighted by Crippen LogP contribution is 1.97. The Bertz CT molecular complexity index is 145. The van der Waals surface area contributed by atoms with Crippen LogP contribution in [-0.4, -0.2) is 25.2 Å². The van der Waals surface area contributed by atoms with Gasteiger partial charge in [-0.1, -0.05) is 0 Å². The fraction of sp³-hybridized carbons (Fsp3) is 0.714. The SMILES string of the molecule is C/C(=C/N(C)CCCF)N=N. The molecule has 0 unspecified atom stereocenters. The summed E-state index contributed by atoms with van der Waals surface area (Å²) >= 11 is 0. The smallest absolute Gasteiger partial charge is 0.0911 e. The summed E-state index contributed by atoms with van der Waals surface area (Å²) in [6.07, 6.45) is 2.25. The monoisotopic (exact) mass is 159 g/mol. The highest BCUT2D eigenvalue weighted by molar-refractivity contribution is 4.92. The molecule has 0 heterocycles. The molecule has 0 saturated carbocycles. The Labute approximate surface area is 66.4 Å². The summed E-state index contributed by atoms with van der Waals surface area (Å²) in [4.78, 5) is 1.83. The van der Waals surface area contributed by atoms with Crippen LogP contribution in [0.4, 0.5) is 4.39 Å². The van der Waals surface area contributed by atoms with Crippen LogP contribution in [0.3, 0.4) is 0 Å². The number of hydrogen-bond donors (Lipinski definition) is 1. The van der Waals surface area contributed by atoms with Gasteiger partial charge in [0.05, 0.1) is 12.4 Å². The molecule has 11 heavy (non-hydrogen) atoms. The number of rotatable bonds is 5. The third-order valence-electron chi connectivity index (χ3n) is 1.23. The quantitative estimate of drug-likeness (QED) is 0.613. The van der Waals surface area contributed by atoms with E-state index in [9.17, 15) is 4.39 Å². The van der Waals surface area contributed by atoms with Gasteiger partial charge in [0, 0.05) is 19.8 Å². The fourth-order valence-electron chi connectivity index (χ4n) is 0.722. The van der Waals surface area contributed by atoms with Gasteiger partial charge in [-0.15, -0.1) is 0 Å². The predicted octanol–water partition coefficient (Wildman–Crippen LogP) is 2.17. The molecule has 3 nitrogen and oxygen atoms in total. The number of hydrogen-bond acceptors (Lipinski definition) is 3. The zero-order chi connectivity index (χ0) is 8.69. The molecule has 64 valence electrons. The topological polar surface area (TPSA) is 39.5 Å². The van der Waals surface area contributed by atoms with Crippen LogP contribution in [0.1, 0.15) is 13.3 Å². The minimum Gasteiger partial charge on any atom is -0.379 e. The molecule has 0 rings (SSSR count). The lowest BCUT2D eigenvalue weighted by molar-refractivity contribution is 0.386. The van der Waals surface area contributed by atoms with Crippen molar-refractivity contribution in [2.75, 3.05) is 20.3 Å². The van der Waals surface area contributed by atoms with E-state index < -0.39 is 0 Å². The molecular weight excluding hydrogens is 145 g/mol. The van der Waals surface area contributed by atoms with Crippen LogP contribution < -0.4 is 0 Å². The normalized spacial score (nSPS) is 11.4. The third-order valence-corrected chi connectivity index (χ3v) is 1.23. The van der Waals surface area contributed by atoms with Crippen molar-refractivity contribution in [2.45, 2.75) is 13.3 Å². The van der Waals surface area contributed by atoms with Gasteiger partial charge in [-0.3, -0.25) is 4.39 Å². The maximum atomic E-state index is 11.7. The van der Waals surface area contributed by atoms with Crippen LogP contribution in [0.5, 0.6) is 0 Å². The summed E-state index contributed by atoms with van der Waals surface area (Å²) in [7, 11) is 1.84. The standard InChI is InChI=1S/C7H14FN3/c1-7(10-9)6-11(2)5-3-4-8/h6,9H,3-5H2,1-2H3/b7-6-,10-9?. The van der Waals surface area contributed by atoms with Crippen molar-refractivity contribution in [1.82, 2.24) is 4.90 Å². The Morgan fingerprint density at radius 2 is 2.36 bits per heavy atom. The largest absolute Gasteiger partial charge is 0.379 e. The van der Waals surface area contributed by atoms with Gasteiger partial charge in [0.15, 0.2) is 0 Å². The van der Waals surface area contributed by atoms with Gasteiger partial charge in [-0.05, 0) is 13.3 Å². The molecule has 0 spiro atoms. The lowest BCUT2D eigenvalue weighted by atomic mass is 10.4. The first-order chi connectivity index (χ1) is 5.20. The average molecular weight is 159 g/mol. The van der Waals surface area contributed by atoms with E-state index in [-0.39, 0.29) is 6.67 Å². The van der Waals surface area contributed by atoms with Gasteiger partial charge in [-0.2, -0.15) is 5.11 Å². The van der Waals surface area contributed by atoms with Gasteiger partial charge < -0.3 is 4.90 Å². The van der Waals surface area contributed by atoms with Crippen LogP contribution in [0.15, 0.2) is 17.0 Å². The highest BCUT2D eigenvalue weighted by atomic mass is 19.1. The summed E-state index contributed by atoms with van der Waals surface area (Å²) in [5, 5.41) is 3.21. The van der Waals surface area contributed by atoms with Crippen molar-refractivity contribution in [3.05, 3.63) is 11.9 Å². The van der Waals surface area contributed by atoms with Crippen molar-refractivity contribution in [1.29, 1.82) is 5.53 Å². The molecule has 0 atom stereocenters. The summed E-state index contributed by atoms with van der Waals surface area (Å²) in [6.45, 7) is 2.11. The van der Waals surface area contributed by atoms with E-state index in [1.807, 2.05) is 11.9 Å². The second-order valence-electron chi connectivity index (χ2n) is 2.41. The first kappa shape index (κ1) is 10.1. The summed E-state index contributed by atoms with van der Waals surface area (Å²) in [5.41, 5.74) is 7.27. The average Bonchev–Trinajstić information content (AvgIpc) is 2.00. The molecule has 0 aliphatic heterocycles. The molecule has 0 saturated heterocycles. The van der Waals surface area contributed by atoms with Gasteiger partial charge in [0.25, 0.3) is 0 Å². The summed E-state index contributed by atoms with van der Waals surface area (Å²) < 4.78 is 11.7. The molecule has 0 amide bonds. The minimum atomic E-state index is -0.296. The van der Waals surface area contributed by atoms with Crippen molar-refractivity contribution < 1.29 is 4.39 Å². The van der Waals surface area contributed by atoms with E-state index in [0.717, 1.165) is 0 Å². The van der Waals surface area contributed by atoms with E-state index in [2.05, 4.69) is 5.11 Å². The Kier molecular flexibility index (Phi) is 5.33. The Balaban J connectivity index is 3.66. The lowest BCUT2D eigenvalue weighted by Crippen LogP contribution is -2.13. The Morgan fingerprint density at radius 1 is 1.73 bits per heavy atom. The second kappa shape index (κ2) is 5.82. The first-order valence-corrected chi connectivity index (χ1v) is 3.52. The number of allylic oxidation sites excluding steroid dienone is 1. The molecule has 1 N–H and O–H groups in total. The van der Waals surface area contributed by atoms with E-state index in [1.54, 1.807) is 13.1 Å². The zero-order valence-electron chi connectivity index (χ0n) is 6.97. The van der Waals surface area contributed by atoms with Crippen LogP contribution >= 0.6 is 0 Å². The van der Waals surface area contributed by atoms with Crippen molar-refractivity contribution in [3.63, 3.8) is 0 Å². The van der Waals surface area contributed by atoms with Crippen LogP contribution in [0.25, 0.3) is 0 Å². The van der Waals surface area contributed by atoms with Crippen molar-refractivity contribution in [2.24, 2.45) is 5.11 Å². The molecule has 4 heteroatoms. The lowest BCUT2D eigenvalue weighted by Gasteiger charge is -2.12. The van der Waals surface area contributed by atoms with E-state index >= 15 is 0 Å². The molecule has 0 aromatic carbocycles. The molecule has 0 aliphatic rings. The Morgan fingerprint density at radius 3 is 2.82 bits per heavy atom. The molecular formula is C7H14FN3. The highest BCUT2D eigenvalue weighted by Gasteiger charge is 1.92. The van der Waals surface area contributed by atoms with Gasteiger partial charge >= 0.3 is 0 Å². The summed E-state index contributed by atoms with van der Waals surface area (Å²) in [6, 6.07) is 0. The molecule has 0 fully saturated rings. The van der Waals surface area contributed by atoms with Crippen molar-refractivity contribution in [3.8, 4) is 0 Å². The molecule has 0 radical (unpaired) electrons. The number of nitrogens with one attached hydrogen (secondary N) is 1. The Hall–Kier alpha value is -0.930. The molecule has 0 aromatic rings.